The molecule has 258 valence electrons. The van der Waals surface area contributed by atoms with Crippen LogP contribution in [0.2, 0.25) is 0 Å². The van der Waals surface area contributed by atoms with E-state index in [2.05, 4.69) is 54.8 Å². The Labute approximate surface area is 294 Å². The van der Waals surface area contributed by atoms with Crippen molar-refractivity contribution in [2.75, 3.05) is 42.3 Å². The summed E-state index contributed by atoms with van der Waals surface area (Å²) >= 11 is 0. The number of nitrogens with zero attached hydrogens (tertiary/aromatic N) is 5. The number of nitrogens with one attached hydrogen (secondary N) is 4. The van der Waals surface area contributed by atoms with E-state index in [1.165, 1.54) is 0 Å². The zero-order chi connectivity index (χ0) is 35.2. The summed E-state index contributed by atoms with van der Waals surface area (Å²) in [6.07, 6.45) is 5.01. The quantitative estimate of drug-likeness (QED) is 0.0856. The number of rotatable bonds is 14. The van der Waals surface area contributed by atoms with Gasteiger partial charge in [-0.3, -0.25) is 10.2 Å². The average Bonchev–Trinajstić information content (AvgIpc) is 3.66. The Kier molecular flexibility index (Phi) is 9.84. The van der Waals surface area contributed by atoms with Gasteiger partial charge in [0.15, 0.2) is 11.1 Å². The van der Waals surface area contributed by atoms with Gasteiger partial charge in [-0.2, -0.15) is 0 Å². The fourth-order valence-electron chi connectivity index (χ4n) is 6.34. The Balaban J connectivity index is 0.945. The number of amides is 1. The number of aliphatic hydroxyl groups excluding tert-OH is 1. The third-order valence-corrected chi connectivity index (χ3v) is 8.94. The molecule has 12 heteroatoms. The van der Waals surface area contributed by atoms with Gasteiger partial charge in [-0.15, -0.1) is 0 Å². The maximum atomic E-state index is 12.9. The number of imidazole rings is 1. The standard InChI is InChI=1S/C39H39N9O3/c1-51-34-23-27(15-18-33(34)46-36-29-8-2-4-10-31(29)45-32-11-5-3-9-30(32)36)44-35(50)12-6-7-26-13-16-28(17-14-26)47(21-22-49)19-20-48-25-43-38(40)37-39(48)42-24-41-37/h2-5,8-11,13-18,23-25,40,49H,6-7,12,19-22H2,1H3,(H,41,42)(H,44,50)(H,45,46). The van der Waals surface area contributed by atoms with Gasteiger partial charge in [0.1, 0.15) is 11.3 Å². The van der Waals surface area contributed by atoms with Crippen molar-refractivity contribution in [2.45, 2.75) is 25.8 Å². The van der Waals surface area contributed by atoms with E-state index < -0.39 is 0 Å². The average molecular weight is 682 g/mol. The largest absolute Gasteiger partial charge is 0.494 e. The zero-order valence-electron chi connectivity index (χ0n) is 28.3. The molecule has 4 aromatic carbocycles. The minimum atomic E-state index is -0.0638. The molecule has 0 saturated carbocycles. The van der Waals surface area contributed by atoms with Crippen molar-refractivity contribution in [1.29, 1.82) is 5.41 Å². The first kappa shape index (κ1) is 33.2. The van der Waals surface area contributed by atoms with Gasteiger partial charge in [-0.1, -0.05) is 48.5 Å². The highest BCUT2D eigenvalue weighted by Crippen LogP contribution is 2.37. The summed E-state index contributed by atoms with van der Waals surface area (Å²) in [5.41, 5.74) is 7.75. The van der Waals surface area contributed by atoms with E-state index in [4.69, 9.17) is 15.1 Å². The Morgan fingerprint density at radius 1 is 0.961 bits per heavy atom. The summed E-state index contributed by atoms with van der Waals surface area (Å²) in [5, 5.41) is 26.3. The molecule has 12 nitrogen and oxygen atoms in total. The lowest BCUT2D eigenvalue weighted by Gasteiger charge is -2.24. The normalized spacial score (nSPS) is 11.3. The molecule has 0 bridgehead atoms. The molecule has 0 unspecified atom stereocenters. The van der Waals surface area contributed by atoms with Crippen LogP contribution in [0.4, 0.5) is 22.7 Å². The summed E-state index contributed by atoms with van der Waals surface area (Å²) in [6.45, 7) is 1.72. The Morgan fingerprint density at radius 3 is 2.43 bits per heavy atom. The Morgan fingerprint density at radius 2 is 1.71 bits per heavy atom. The monoisotopic (exact) mass is 681 g/mol. The topological polar surface area (TPSA) is 157 Å². The van der Waals surface area contributed by atoms with Crippen LogP contribution in [0, 0.1) is 5.41 Å². The van der Waals surface area contributed by atoms with E-state index in [-0.39, 0.29) is 18.0 Å². The molecule has 7 aromatic rings. The van der Waals surface area contributed by atoms with Crippen LogP contribution < -0.4 is 25.8 Å². The summed E-state index contributed by atoms with van der Waals surface area (Å²) in [6, 6.07) is 29.9. The summed E-state index contributed by atoms with van der Waals surface area (Å²) in [5.74, 6) is 0.551. The molecule has 5 N–H and O–H groups in total. The van der Waals surface area contributed by atoms with Crippen LogP contribution >= 0.6 is 0 Å². The molecule has 51 heavy (non-hydrogen) atoms. The molecular weight excluding hydrogens is 642 g/mol. The molecule has 3 heterocycles. The number of anilines is 4. The van der Waals surface area contributed by atoms with Crippen molar-refractivity contribution in [1.82, 2.24) is 24.5 Å². The first-order valence-electron chi connectivity index (χ1n) is 16.9. The van der Waals surface area contributed by atoms with Crippen molar-refractivity contribution in [3.8, 4) is 5.75 Å². The molecule has 7 rings (SSSR count). The number of pyridine rings is 1. The number of fused-ring (bicyclic) bond motifs is 3. The van der Waals surface area contributed by atoms with Crippen LogP contribution in [0.5, 0.6) is 5.75 Å². The lowest BCUT2D eigenvalue weighted by atomic mass is 10.1. The van der Waals surface area contributed by atoms with Crippen molar-refractivity contribution in [3.63, 3.8) is 0 Å². The fourth-order valence-corrected chi connectivity index (χ4v) is 6.34. The molecule has 0 atom stereocenters. The summed E-state index contributed by atoms with van der Waals surface area (Å²) in [4.78, 5) is 31.3. The number of methoxy groups -OCH3 is 1. The van der Waals surface area contributed by atoms with Crippen molar-refractivity contribution in [3.05, 3.63) is 115 Å². The van der Waals surface area contributed by atoms with E-state index >= 15 is 0 Å². The molecule has 0 saturated heterocycles. The maximum Gasteiger partial charge on any atom is 0.224 e. The van der Waals surface area contributed by atoms with E-state index in [1.54, 1.807) is 19.8 Å². The van der Waals surface area contributed by atoms with Crippen LogP contribution in [0.1, 0.15) is 18.4 Å². The van der Waals surface area contributed by atoms with Crippen LogP contribution in [-0.4, -0.2) is 62.3 Å². The number of H-pyrrole nitrogens is 1. The summed E-state index contributed by atoms with van der Waals surface area (Å²) in [7, 11) is 1.62. The highest BCUT2D eigenvalue weighted by atomic mass is 16.5. The van der Waals surface area contributed by atoms with Crippen molar-refractivity contribution >= 4 is 61.6 Å². The number of benzene rings is 4. The van der Waals surface area contributed by atoms with Crippen LogP contribution in [0.15, 0.2) is 104 Å². The predicted octanol–water partition coefficient (Wildman–Crippen LogP) is 6.15. The first-order chi connectivity index (χ1) is 25.0. The fraction of sp³-hybridized carbons (Fsp3) is 0.205. The number of aromatic nitrogens is 5. The van der Waals surface area contributed by atoms with Gasteiger partial charge in [0.25, 0.3) is 0 Å². The van der Waals surface area contributed by atoms with Gasteiger partial charge >= 0.3 is 0 Å². The minimum absolute atomic E-state index is 0.0213. The molecule has 0 aliphatic carbocycles. The van der Waals surface area contributed by atoms with Gasteiger partial charge in [0.2, 0.25) is 5.91 Å². The number of hydrogen-bond donors (Lipinski definition) is 5. The van der Waals surface area contributed by atoms with Gasteiger partial charge in [-0.05, 0) is 54.8 Å². The number of hydrogen-bond acceptors (Lipinski definition) is 9. The van der Waals surface area contributed by atoms with Gasteiger partial charge in [0.05, 0.1) is 48.8 Å². The predicted molar refractivity (Wildman–Crippen MR) is 201 cm³/mol. The van der Waals surface area contributed by atoms with E-state index in [9.17, 15) is 9.90 Å². The number of ether oxygens (including phenoxy) is 1. The van der Waals surface area contributed by atoms with E-state index in [0.29, 0.717) is 55.1 Å². The Hall–Kier alpha value is -6.27. The van der Waals surface area contributed by atoms with Crippen LogP contribution in [0.25, 0.3) is 33.0 Å². The van der Waals surface area contributed by atoms with Crippen LogP contribution in [0.3, 0.4) is 0 Å². The third kappa shape index (κ3) is 7.36. The number of aryl methyl sites for hydroxylation is 1. The molecule has 0 fully saturated rings. The van der Waals surface area contributed by atoms with E-state index in [0.717, 1.165) is 50.9 Å². The van der Waals surface area contributed by atoms with Crippen LogP contribution in [-0.2, 0) is 17.8 Å². The minimum Gasteiger partial charge on any atom is -0.494 e. The number of aromatic amines is 1. The third-order valence-electron chi connectivity index (χ3n) is 8.94. The van der Waals surface area contributed by atoms with Gasteiger partial charge in [-0.25, -0.2) is 15.0 Å². The molecule has 0 spiro atoms. The Bertz CT molecular complexity index is 2320. The zero-order valence-corrected chi connectivity index (χ0v) is 28.3. The SMILES string of the molecule is COc1cc(NC(=O)CCCc2ccc(N(CCO)CCn3cnc(=N)c4[nH]cnc43)cc2)ccc1Nc1c2ccccc2nc2ccccc12. The van der Waals surface area contributed by atoms with Crippen molar-refractivity contribution < 1.29 is 14.6 Å². The highest BCUT2D eigenvalue weighted by molar-refractivity contribution is 6.09. The number of para-hydroxylation sites is 2. The smallest absolute Gasteiger partial charge is 0.224 e. The lowest BCUT2D eigenvalue weighted by Crippen LogP contribution is -2.30. The second-order valence-electron chi connectivity index (χ2n) is 12.2. The first-order valence-corrected chi connectivity index (χ1v) is 16.9. The number of carbonyl (C=O) groups excluding carboxylic acids is 1. The van der Waals surface area contributed by atoms with Crippen molar-refractivity contribution in [2.24, 2.45) is 0 Å². The number of carbonyl (C=O) groups is 1. The second kappa shape index (κ2) is 15.1. The molecule has 3 aromatic heterocycles. The molecule has 0 aliphatic rings. The molecule has 1 amide bonds. The second-order valence-corrected chi connectivity index (χ2v) is 12.2. The van der Waals surface area contributed by atoms with E-state index in [1.807, 2.05) is 71.3 Å². The van der Waals surface area contributed by atoms with Gasteiger partial charge in [0, 0.05) is 54.3 Å². The maximum absolute atomic E-state index is 12.9. The summed E-state index contributed by atoms with van der Waals surface area (Å²) < 4.78 is 7.64. The number of aliphatic hydroxyl groups is 1. The molecular formula is C39H39N9O3. The van der Waals surface area contributed by atoms with Gasteiger partial charge < -0.3 is 34.9 Å². The molecule has 0 aliphatic heterocycles. The lowest BCUT2D eigenvalue weighted by molar-refractivity contribution is -0.116. The molecule has 0 radical (unpaired) electrons. The highest BCUT2D eigenvalue weighted by Gasteiger charge is 2.14.